The van der Waals surface area contributed by atoms with E-state index in [1.165, 1.54) is 12.1 Å². The molecular weight excluding hydrogens is 331 g/mol. The molecule has 0 fully saturated rings. The molecule has 0 aliphatic carbocycles. The molecule has 0 radical (unpaired) electrons. The van der Waals surface area contributed by atoms with Crippen molar-refractivity contribution >= 4 is 23.4 Å². The van der Waals surface area contributed by atoms with Crippen molar-refractivity contribution in [1.29, 1.82) is 0 Å². The fraction of sp³-hybridized carbons (Fsp3) is 0.125. The van der Waals surface area contributed by atoms with Gasteiger partial charge in [0.2, 0.25) is 11.8 Å². The third-order valence-electron chi connectivity index (χ3n) is 3.04. The average Bonchev–Trinajstić information content (AvgIpc) is 3.05. The van der Waals surface area contributed by atoms with Crippen LogP contribution >= 0.6 is 11.8 Å². The van der Waals surface area contributed by atoms with Gasteiger partial charge in [0.05, 0.1) is 17.0 Å². The number of nitrogens with one attached hydrogen (secondary N) is 1. The van der Waals surface area contributed by atoms with Gasteiger partial charge in [0, 0.05) is 12.4 Å². The summed E-state index contributed by atoms with van der Waals surface area (Å²) in [6, 6.07) is 8.17. The molecule has 3 aromatic rings. The van der Waals surface area contributed by atoms with Crippen molar-refractivity contribution in [2.24, 2.45) is 0 Å². The van der Waals surface area contributed by atoms with E-state index in [-0.39, 0.29) is 22.6 Å². The van der Waals surface area contributed by atoms with Crippen LogP contribution in [-0.2, 0) is 4.79 Å². The fourth-order valence-corrected chi connectivity index (χ4v) is 2.47. The second-order valence-corrected chi connectivity index (χ2v) is 5.86. The van der Waals surface area contributed by atoms with E-state index < -0.39 is 5.82 Å². The molecule has 0 aliphatic rings. The Bertz CT molecular complexity index is 854. The quantitative estimate of drug-likeness (QED) is 0.715. The van der Waals surface area contributed by atoms with E-state index in [0.29, 0.717) is 11.5 Å². The van der Waals surface area contributed by atoms with E-state index in [0.717, 1.165) is 17.3 Å². The summed E-state index contributed by atoms with van der Waals surface area (Å²) in [6.45, 7) is 1.78. The molecule has 0 saturated heterocycles. The van der Waals surface area contributed by atoms with E-state index in [2.05, 4.69) is 20.5 Å². The van der Waals surface area contributed by atoms with Crippen molar-refractivity contribution in [3.8, 4) is 11.5 Å². The lowest BCUT2D eigenvalue weighted by Gasteiger charge is -2.05. The van der Waals surface area contributed by atoms with Crippen LogP contribution in [0.4, 0.5) is 10.1 Å². The monoisotopic (exact) mass is 344 g/mol. The molecule has 2 aromatic heterocycles. The Morgan fingerprint density at radius 3 is 2.96 bits per heavy atom. The first kappa shape index (κ1) is 16.1. The summed E-state index contributed by atoms with van der Waals surface area (Å²) >= 11 is 1.08. The number of hydrogen-bond donors (Lipinski definition) is 1. The zero-order valence-corrected chi connectivity index (χ0v) is 13.5. The van der Waals surface area contributed by atoms with E-state index in [1.807, 2.05) is 0 Å². The number of pyridine rings is 1. The third kappa shape index (κ3) is 3.96. The molecule has 24 heavy (non-hydrogen) atoms. The molecule has 122 valence electrons. The maximum absolute atomic E-state index is 13.7. The van der Waals surface area contributed by atoms with E-state index in [1.54, 1.807) is 37.5 Å². The van der Waals surface area contributed by atoms with Crippen molar-refractivity contribution < 1.29 is 13.6 Å². The van der Waals surface area contributed by atoms with Crippen LogP contribution in [0.1, 0.15) is 5.56 Å². The Balaban J connectivity index is 1.58. The number of aryl methyl sites for hydroxylation is 1. The Kier molecular flexibility index (Phi) is 4.85. The summed E-state index contributed by atoms with van der Waals surface area (Å²) in [4.78, 5) is 15.9. The van der Waals surface area contributed by atoms with E-state index in [4.69, 9.17) is 4.42 Å². The molecule has 1 amide bonds. The van der Waals surface area contributed by atoms with Crippen LogP contribution in [0.3, 0.4) is 0 Å². The summed E-state index contributed by atoms with van der Waals surface area (Å²) in [5.41, 5.74) is 1.63. The normalized spacial score (nSPS) is 10.6. The van der Waals surface area contributed by atoms with Crippen LogP contribution in [-0.4, -0.2) is 26.8 Å². The Labute approximate surface area is 141 Å². The Morgan fingerprint density at radius 1 is 1.33 bits per heavy atom. The largest absolute Gasteiger partial charge is 0.411 e. The number of thioether (sulfide) groups is 1. The minimum Gasteiger partial charge on any atom is -0.411 e. The van der Waals surface area contributed by atoms with Gasteiger partial charge in [0.15, 0.2) is 0 Å². The molecule has 3 rings (SSSR count). The van der Waals surface area contributed by atoms with Gasteiger partial charge in [-0.25, -0.2) is 4.39 Å². The van der Waals surface area contributed by atoms with Crippen LogP contribution in [0.2, 0.25) is 0 Å². The number of carbonyl (C=O) groups is 1. The Hall–Kier alpha value is -2.74. The number of halogens is 1. The molecule has 6 nitrogen and oxygen atoms in total. The summed E-state index contributed by atoms with van der Waals surface area (Å²) in [5, 5.41) is 10.5. The predicted molar refractivity (Wildman–Crippen MR) is 88.0 cm³/mol. The fourth-order valence-electron chi connectivity index (χ4n) is 1.91. The van der Waals surface area contributed by atoms with Crippen molar-refractivity contribution in [2.45, 2.75) is 12.1 Å². The van der Waals surface area contributed by atoms with Crippen molar-refractivity contribution in [3.63, 3.8) is 0 Å². The zero-order valence-electron chi connectivity index (χ0n) is 12.7. The van der Waals surface area contributed by atoms with Crippen molar-refractivity contribution in [2.75, 3.05) is 11.1 Å². The van der Waals surface area contributed by atoms with Gasteiger partial charge < -0.3 is 9.73 Å². The van der Waals surface area contributed by atoms with Gasteiger partial charge in [-0.2, -0.15) is 0 Å². The highest BCUT2D eigenvalue weighted by molar-refractivity contribution is 7.99. The van der Waals surface area contributed by atoms with Gasteiger partial charge >= 0.3 is 0 Å². The van der Waals surface area contributed by atoms with Crippen LogP contribution in [0, 0.1) is 12.7 Å². The number of benzene rings is 1. The molecule has 0 saturated carbocycles. The molecule has 1 N–H and O–H groups in total. The standard InChI is InChI=1S/C16H13FN4O2S/c1-10-4-5-13(12(17)7-10)19-14(22)9-24-16-21-20-15(23-16)11-3-2-6-18-8-11/h2-8H,9H2,1H3,(H,19,22). The highest BCUT2D eigenvalue weighted by atomic mass is 32.2. The SMILES string of the molecule is Cc1ccc(NC(=O)CSc2nnc(-c3cccnc3)o2)c(F)c1. The minimum atomic E-state index is -0.468. The summed E-state index contributed by atoms with van der Waals surface area (Å²) in [6.07, 6.45) is 3.25. The molecular formula is C16H13FN4O2S. The smallest absolute Gasteiger partial charge is 0.277 e. The van der Waals surface area contributed by atoms with Gasteiger partial charge in [-0.3, -0.25) is 9.78 Å². The van der Waals surface area contributed by atoms with E-state index >= 15 is 0 Å². The summed E-state index contributed by atoms with van der Waals surface area (Å²) in [5.74, 6) is -0.466. The lowest BCUT2D eigenvalue weighted by Crippen LogP contribution is -2.15. The lowest BCUT2D eigenvalue weighted by atomic mass is 10.2. The minimum absolute atomic E-state index is 0.0298. The predicted octanol–water partition coefficient (Wildman–Crippen LogP) is 3.31. The van der Waals surface area contributed by atoms with Crippen molar-refractivity contribution in [1.82, 2.24) is 15.2 Å². The van der Waals surface area contributed by atoms with Gasteiger partial charge in [0.25, 0.3) is 5.22 Å². The molecule has 2 heterocycles. The van der Waals surface area contributed by atoms with Crippen molar-refractivity contribution in [3.05, 3.63) is 54.1 Å². The number of aromatic nitrogens is 3. The number of nitrogens with zero attached hydrogens (tertiary/aromatic N) is 3. The first-order valence-electron chi connectivity index (χ1n) is 7.04. The van der Waals surface area contributed by atoms with Crippen LogP contribution in [0.5, 0.6) is 0 Å². The molecule has 0 spiro atoms. The first-order chi connectivity index (χ1) is 11.6. The van der Waals surface area contributed by atoms with Gasteiger partial charge in [-0.15, -0.1) is 10.2 Å². The lowest BCUT2D eigenvalue weighted by molar-refractivity contribution is -0.113. The van der Waals surface area contributed by atoms with Gasteiger partial charge in [0.1, 0.15) is 5.82 Å². The van der Waals surface area contributed by atoms with Gasteiger partial charge in [-0.05, 0) is 36.8 Å². The van der Waals surface area contributed by atoms with Gasteiger partial charge in [-0.1, -0.05) is 17.8 Å². The number of hydrogen-bond acceptors (Lipinski definition) is 6. The molecule has 0 aliphatic heterocycles. The second kappa shape index (κ2) is 7.22. The van der Waals surface area contributed by atoms with Crippen LogP contribution < -0.4 is 5.32 Å². The highest BCUT2D eigenvalue weighted by Gasteiger charge is 2.12. The zero-order chi connectivity index (χ0) is 16.9. The number of anilines is 1. The number of rotatable bonds is 5. The molecule has 0 unspecified atom stereocenters. The Morgan fingerprint density at radius 2 is 2.21 bits per heavy atom. The summed E-state index contributed by atoms with van der Waals surface area (Å²) < 4.78 is 19.2. The maximum Gasteiger partial charge on any atom is 0.277 e. The van der Waals surface area contributed by atoms with E-state index in [9.17, 15) is 9.18 Å². The number of carbonyl (C=O) groups excluding carboxylic acids is 1. The topological polar surface area (TPSA) is 80.9 Å². The average molecular weight is 344 g/mol. The third-order valence-corrected chi connectivity index (χ3v) is 3.86. The first-order valence-corrected chi connectivity index (χ1v) is 8.03. The molecule has 8 heteroatoms. The number of amides is 1. The molecule has 0 bridgehead atoms. The molecule has 0 atom stereocenters. The second-order valence-electron chi connectivity index (χ2n) is 4.93. The highest BCUT2D eigenvalue weighted by Crippen LogP contribution is 2.23. The summed E-state index contributed by atoms with van der Waals surface area (Å²) in [7, 11) is 0. The molecule has 1 aromatic carbocycles. The van der Waals surface area contributed by atoms with Crippen LogP contribution in [0.15, 0.2) is 52.4 Å². The maximum atomic E-state index is 13.7. The van der Waals surface area contributed by atoms with Crippen LogP contribution in [0.25, 0.3) is 11.5 Å².